The second-order valence-corrected chi connectivity index (χ2v) is 4.57. The molecule has 2 rings (SSSR count). The van der Waals surface area contributed by atoms with Gasteiger partial charge in [-0.1, -0.05) is 0 Å². The summed E-state index contributed by atoms with van der Waals surface area (Å²) in [6.45, 7) is 1.48. The Morgan fingerprint density at radius 3 is 2.75 bits per heavy atom. The summed E-state index contributed by atoms with van der Waals surface area (Å²) in [6.07, 6.45) is 1.59. The molecular formula is C14H18N4O2. The van der Waals surface area contributed by atoms with Gasteiger partial charge >= 0.3 is 0 Å². The van der Waals surface area contributed by atoms with E-state index in [0.717, 1.165) is 35.5 Å². The maximum Gasteiger partial charge on any atom is 0.221 e. The van der Waals surface area contributed by atoms with Gasteiger partial charge in [0.25, 0.3) is 0 Å². The lowest BCUT2D eigenvalue weighted by molar-refractivity contribution is -0.114. The van der Waals surface area contributed by atoms with Gasteiger partial charge in [-0.15, -0.1) is 0 Å². The normalized spacial score (nSPS) is 10.3. The molecule has 0 aliphatic rings. The van der Waals surface area contributed by atoms with E-state index in [4.69, 9.17) is 10.5 Å². The zero-order valence-corrected chi connectivity index (χ0v) is 11.6. The number of carbonyl (C=O) groups is 1. The van der Waals surface area contributed by atoms with Gasteiger partial charge in [-0.05, 0) is 30.5 Å². The van der Waals surface area contributed by atoms with Crippen molar-refractivity contribution in [3.8, 4) is 5.75 Å². The maximum atomic E-state index is 11.1. The number of aryl methyl sites for hydroxylation is 2. The molecule has 0 unspecified atom stereocenters. The zero-order valence-electron chi connectivity index (χ0n) is 11.6. The lowest BCUT2D eigenvalue weighted by atomic mass is 10.1. The first kappa shape index (κ1) is 13.9. The minimum absolute atomic E-state index is 0.106. The van der Waals surface area contributed by atoms with E-state index in [1.54, 1.807) is 13.2 Å². The number of aromatic amines is 1. The van der Waals surface area contributed by atoms with Crippen LogP contribution in [0.5, 0.6) is 5.75 Å². The summed E-state index contributed by atoms with van der Waals surface area (Å²) in [4.78, 5) is 11.1. The highest BCUT2D eigenvalue weighted by Gasteiger charge is 2.05. The van der Waals surface area contributed by atoms with E-state index in [9.17, 15) is 4.79 Å². The van der Waals surface area contributed by atoms with Gasteiger partial charge in [0.1, 0.15) is 11.6 Å². The van der Waals surface area contributed by atoms with Crippen LogP contribution in [0.4, 0.5) is 11.5 Å². The minimum atomic E-state index is -0.106. The molecule has 6 heteroatoms. The molecule has 0 atom stereocenters. The van der Waals surface area contributed by atoms with Crippen LogP contribution < -0.4 is 15.8 Å². The molecule has 1 aromatic heterocycles. The Bertz CT molecular complexity index is 607. The molecule has 0 aliphatic heterocycles. The van der Waals surface area contributed by atoms with Gasteiger partial charge in [0.15, 0.2) is 0 Å². The first-order valence-electron chi connectivity index (χ1n) is 6.32. The predicted molar refractivity (Wildman–Crippen MR) is 77.7 cm³/mol. The first-order valence-corrected chi connectivity index (χ1v) is 6.32. The number of nitrogens with two attached hydrogens (primary N) is 1. The summed E-state index contributed by atoms with van der Waals surface area (Å²) >= 11 is 0. The molecule has 0 spiro atoms. The smallest absolute Gasteiger partial charge is 0.221 e. The number of ether oxygens (including phenoxy) is 1. The third-order valence-corrected chi connectivity index (χ3v) is 2.86. The quantitative estimate of drug-likeness (QED) is 0.774. The van der Waals surface area contributed by atoms with E-state index in [2.05, 4.69) is 15.5 Å². The number of hydrogen-bond acceptors (Lipinski definition) is 4. The van der Waals surface area contributed by atoms with Crippen LogP contribution >= 0.6 is 0 Å². The Morgan fingerprint density at radius 2 is 2.15 bits per heavy atom. The van der Waals surface area contributed by atoms with Crippen molar-refractivity contribution in [2.75, 3.05) is 18.2 Å². The average molecular weight is 274 g/mol. The molecule has 4 N–H and O–H groups in total. The van der Waals surface area contributed by atoms with Crippen LogP contribution in [0.3, 0.4) is 0 Å². The van der Waals surface area contributed by atoms with Gasteiger partial charge in [0.05, 0.1) is 7.11 Å². The highest BCUT2D eigenvalue weighted by molar-refractivity contribution is 5.89. The molecule has 1 heterocycles. The molecule has 2 aromatic rings. The number of carbonyl (C=O) groups excluding carboxylic acids is 1. The summed E-state index contributed by atoms with van der Waals surface area (Å²) in [7, 11) is 1.60. The van der Waals surface area contributed by atoms with Gasteiger partial charge in [-0.2, -0.15) is 5.10 Å². The van der Waals surface area contributed by atoms with Crippen molar-refractivity contribution in [2.24, 2.45) is 0 Å². The third-order valence-electron chi connectivity index (χ3n) is 2.86. The van der Waals surface area contributed by atoms with Crippen molar-refractivity contribution in [2.45, 2.75) is 19.8 Å². The number of nitrogen functional groups attached to an aromatic ring is 1. The van der Waals surface area contributed by atoms with E-state index in [1.807, 2.05) is 18.2 Å². The number of H-pyrrole nitrogens is 1. The molecular weight excluding hydrogens is 256 g/mol. The molecule has 1 aromatic carbocycles. The summed E-state index contributed by atoms with van der Waals surface area (Å²) in [5.74, 6) is 1.10. The number of benzene rings is 1. The van der Waals surface area contributed by atoms with Crippen LogP contribution in [-0.2, 0) is 17.6 Å². The predicted octanol–water partition coefficient (Wildman–Crippen LogP) is 1.74. The topological polar surface area (TPSA) is 93.0 Å². The number of hydrogen-bond donors (Lipinski definition) is 3. The van der Waals surface area contributed by atoms with E-state index in [-0.39, 0.29) is 5.91 Å². The molecule has 0 saturated carbocycles. The number of amides is 1. The molecule has 0 fully saturated rings. The van der Waals surface area contributed by atoms with Crippen molar-refractivity contribution >= 4 is 17.4 Å². The van der Waals surface area contributed by atoms with Crippen LogP contribution in [0.15, 0.2) is 24.3 Å². The largest absolute Gasteiger partial charge is 0.497 e. The Labute approximate surface area is 117 Å². The summed E-state index contributed by atoms with van der Waals surface area (Å²) in [5, 5.41) is 9.53. The lowest BCUT2D eigenvalue weighted by Gasteiger charge is -2.09. The first-order chi connectivity index (χ1) is 9.56. The van der Waals surface area contributed by atoms with Crippen molar-refractivity contribution in [1.82, 2.24) is 10.2 Å². The van der Waals surface area contributed by atoms with Crippen LogP contribution in [-0.4, -0.2) is 23.2 Å². The number of aromatic nitrogens is 2. The van der Waals surface area contributed by atoms with Crippen molar-refractivity contribution in [3.63, 3.8) is 0 Å². The van der Waals surface area contributed by atoms with Crippen molar-refractivity contribution in [1.29, 1.82) is 0 Å². The summed E-state index contributed by atoms with van der Waals surface area (Å²) in [5.41, 5.74) is 8.34. The van der Waals surface area contributed by atoms with Crippen LogP contribution in [0.1, 0.15) is 18.2 Å². The van der Waals surface area contributed by atoms with Crippen molar-refractivity contribution in [3.05, 3.63) is 35.5 Å². The Balaban J connectivity index is 2.11. The second-order valence-electron chi connectivity index (χ2n) is 4.57. The third kappa shape index (κ3) is 3.74. The van der Waals surface area contributed by atoms with Gasteiger partial charge in [0, 0.05) is 30.4 Å². The fourth-order valence-electron chi connectivity index (χ4n) is 1.98. The molecule has 0 aliphatic carbocycles. The standard InChI is InChI=1S/C14H18N4O2/c1-9(19)16-12-5-10(6-13(7-12)20-2)3-4-11-8-14(15)18-17-11/h5-8H,3-4H2,1-2H3,(H,16,19)(H3,15,17,18). The number of anilines is 2. The zero-order chi connectivity index (χ0) is 14.5. The maximum absolute atomic E-state index is 11.1. The Kier molecular flexibility index (Phi) is 4.24. The van der Waals surface area contributed by atoms with E-state index in [0.29, 0.717) is 5.82 Å². The lowest BCUT2D eigenvalue weighted by Crippen LogP contribution is -2.06. The highest BCUT2D eigenvalue weighted by Crippen LogP contribution is 2.22. The molecule has 0 saturated heterocycles. The van der Waals surface area contributed by atoms with Gasteiger partial charge in [-0.3, -0.25) is 9.89 Å². The van der Waals surface area contributed by atoms with Crippen LogP contribution in [0.25, 0.3) is 0 Å². The highest BCUT2D eigenvalue weighted by atomic mass is 16.5. The molecule has 0 bridgehead atoms. The van der Waals surface area contributed by atoms with Crippen LogP contribution in [0, 0.1) is 0 Å². The minimum Gasteiger partial charge on any atom is -0.497 e. The number of nitrogens with one attached hydrogen (secondary N) is 2. The fourth-order valence-corrected chi connectivity index (χ4v) is 1.98. The van der Waals surface area contributed by atoms with Crippen molar-refractivity contribution < 1.29 is 9.53 Å². The fraction of sp³-hybridized carbons (Fsp3) is 0.286. The number of nitrogens with zero attached hydrogens (tertiary/aromatic N) is 1. The molecule has 106 valence electrons. The summed E-state index contributed by atoms with van der Waals surface area (Å²) < 4.78 is 5.24. The number of rotatable bonds is 5. The monoisotopic (exact) mass is 274 g/mol. The van der Waals surface area contributed by atoms with E-state index in [1.165, 1.54) is 6.92 Å². The van der Waals surface area contributed by atoms with Gasteiger partial charge < -0.3 is 15.8 Å². The molecule has 1 amide bonds. The van der Waals surface area contributed by atoms with Gasteiger partial charge in [0.2, 0.25) is 5.91 Å². The van der Waals surface area contributed by atoms with Crippen LogP contribution in [0.2, 0.25) is 0 Å². The Hall–Kier alpha value is -2.50. The Morgan fingerprint density at radius 1 is 1.35 bits per heavy atom. The second kappa shape index (κ2) is 6.10. The molecule has 0 radical (unpaired) electrons. The molecule has 20 heavy (non-hydrogen) atoms. The number of methoxy groups -OCH3 is 1. The summed E-state index contributed by atoms with van der Waals surface area (Å²) in [6, 6.07) is 7.49. The van der Waals surface area contributed by atoms with E-state index < -0.39 is 0 Å². The van der Waals surface area contributed by atoms with E-state index >= 15 is 0 Å². The van der Waals surface area contributed by atoms with Gasteiger partial charge in [-0.25, -0.2) is 0 Å². The molecule has 6 nitrogen and oxygen atoms in total. The SMILES string of the molecule is COc1cc(CCc2cc(N)n[nH]2)cc(NC(C)=O)c1. The average Bonchev–Trinajstić information content (AvgIpc) is 2.81.